The van der Waals surface area contributed by atoms with E-state index in [1.807, 2.05) is 142 Å². The minimum Gasteiger partial charge on any atom is -0.488 e. The largest absolute Gasteiger partial charge is 0.488 e. The highest BCUT2D eigenvalue weighted by molar-refractivity contribution is 6.14. The van der Waals surface area contributed by atoms with Crippen LogP contribution in [0.3, 0.4) is 0 Å². The molecule has 0 saturated carbocycles. The molecule has 0 spiro atoms. The van der Waals surface area contributed by atoms with Crippen molar-refractivity contribution in [2.24, 2.45) is 0 Å². The van der Waals surface area contributed by atoms with E-state index < -0.39 is 23.1 Å². The molecule has 0 aliphatic heterocycles. The van der Waals surface area contributed by atoms with E-state index in [1.54, 1.807) is 12.1 Å². The Labute approximate surface area is 320 Å². The second-order valence-corrected chi connectivity index (χ2v) is 14.0. The second-order valence-electron chi connectivity index (χ2n) is 14.0. The Balaban J connectivity index is 1.48. The Morgan fingerprint density at radius 2 is 0.982 bits per heavy atom. The molecule has 0 fully saturated rings. The molecule has 0 saturated heterocycles. The van der Waals surface area contributed by atoms with E-state index in [1.165, 1.54) is 12.1 Å². The zero-order chi connectivity index (χ0) is 38.8. The quantitative estimate of drug-likeness (QED) is 0.0821. The van der Waals surface area contributed by atoms with Crippen LogP contribution >= 0.6 is 0 Å². The van der Waals surface area contributed by atoms with Crippen molar-refractivity contribution in [3.05, 3.63) is 196 Å². The van der Waals surface area contributed by atoms with Crippen molar-refractivity contribution in [3.8, 4) is 17.2 Å². The van der Waals surface area contributed by atoms with Crippen LogP contribution in [0.15, 0.2) is 146 Å². The average molecular weight is 735 g/mol. The van der Waals surface area contributed by atoms with E-state index >= 15 is 4.79 Å². The third-order valence-corrected chi connectivity index (χ3v) is 8.83. The molecule has 6 aromatic rings. The highest BCUT2D eigenvalue weighted by atomic mass is 16.5. The van der Waals surface area contributed by atoms with Crippen LogP contribution in [0.5, 0.6) is 17.2 Å². The highest BCUT2D eigenvalue weighted by Gasteiger charge is 2.34. The fraction of sp³-hybridized carbons (Fsp3) is 0.170. The second kappa shape index (κ2) is 17.4. The minimum absolute atomic E-state index is 0.0104. The predicted octanol–water partition coefficient (Wildman–Crippen LogP) is 10.0. The molecule has 0 aliphatic rings. The van der Waals surface area contributed by atoms with E-state index in [0.717, 1.165) is 22.3 Å². The summed E-state index contributed by atoms with van der Waals surface area (Å²) >= 11 is 0. The molecule has 55 heavy (non-hydrogen) atoms. The summed E-state index contributed by atoms with van der Waals surface area (Å²) in [5.41, 5.74) is 3.01. The van der Waals surface area contributed by atoms with Crippen LogP contribution in [0.2, 0.25) is 0 Å². The summed E-state index contributed by atoms with van der Waals surface area (Å²) in [4.78, 5) is 41.7. The molecule has 0 radical (unpaired) electrons. The van der Waals surface area contributed by atoms with Crippen molar-refractivity contribution in [2.45, 2.75) is 52.6 Å². The number of carbonyl (C=O) groups excluding carboxylic acids is 2. The maximum Gasteiger partial charge on any atom is 0.342 e. The third-order valence-electron chi connectivity index (χ3n) is 8.83. The monoisotopic (exact) mass is 734 g/mol. The number of carboxylic acids is 1. The summed E-state index contributed by atoms with van der Waals surface area (Å²) in [5, 5.41) is 10.5. The zero-order valence-electron chi connectivity index (χ0n) is 31.0. The van der Waals surface area contributed by atoms with Gasteiger partial charge in [-0.05, 0) is 51.9 Å². The molecule has 0 heterocycles. The lowest BCUT2D eigenvalue weighted by atomic mass is 9.80. The molecule has 0 aromatic heterocycles. The van der Waals surface area contributed by atoms with Gasteiger partial charge in [0.05, 0.1) is 5.56 Å². The summed E-state index contributed by atoms with van der Waals surface area (Å²) in [6.45, 7) is 5.88. The van der Waals surface area contributed by atoms with Crippen LogP contribution in [-0.2, 0) is 36.6 Å². The van der Waals surface area contributed by atoms with Crippen LogP contribution in [-0.4, -0.2) is 22.8 Å². The van der Waals surface area contributed by atoms with E-state index in [4.69, 9.17) is 18.9 Å². The summed E-state index contributed by atoms with van der Waals surface area (Å²) < 4.78 is 24.7. The van der Waals surface area contributed by atoms with E-state index in [2.05, 4.69) is 0 Å². The van der Waals surface area contributed by atoms with Gasteiger partial charge in [0.2, 0.25) is 5.78 Å². The SMILES string of the molecule is CC(C)(C)c1c(C(=O)O)cc(OCc2ccccc2)c(C(=O)c2ccc(OCc3ccccc3)c(C(=O)OCc3ccccc3)c2)c1OCc1ccccc1. The normalized spacial score (nSPS) is 11.0. The van der Waals surface area contributed by atoms with Crippen molar-refractivity contribution in [2.75, 3.05) is 0 Å². The molecule has 0 bridgehead atoms. The first-order valence-electron chi connectivity index (χ1n) is 17.9. The number of ketones is 1. The number of rotatable bonds is 15. The molecular weight excluding hydrogens is 693 g/mol. The van der Waals surface area contributed by atoms with Crippen LogP contribution in [0.25, 0.3) is 0 Å². The standard InChI is InChI=1S/C47H42O8/c1-47(2,3)42-38(45(49)50)27-40(53-29-33-18-10-5-11-19-33)41(44(42)54-30-34-20-12-6-13-21-34)43(48)36-24-25-39(52-28-32-16-8-4-9-17-32)37(26-36)46(51)55-31-35-22-14-7-15-23-35/h4-27H,28-31H2,1-3H3,(H,49,50). The number of aromatic carboxylic acids is 1. The maximum atomic E-state index is 15.0. The number of carboxylic acid groups (broad SMARTS) is 1. The molecule has 0 amide bonds. The molecule has 6 rings (SSSR count). The molecule has 6 aromatic carbocycles. The van der Waals surface area contributed by atoms with Gasteiger partial charge in [-0.15, -0.1) is 0 Å². The summed E-state index contributed by atoms with van der Waals surface area (Å²) in [6.07, 6.45) is 0. The first-order valence-corrected chi connectivity index (χ1v) is 17.9. The van der Waals surface area contributed by atoms with Gasteiger partial charge in [0.1, 0.15) is 54.8 Å². The van der Waals surface area contributed by atoms with E-state index in [0.29, 0.717) is 5.56 Å². The molecule has 8 nitrogen and oxygen atoms in total. The zero-order valence-corrected chi connectivity index (χ0v) is 31.0. The van der Waals surface area contributed by atoms with Crippen LogP contribution < -0.4 is 14.2 Å². The van der Waals surface area contributed by atoms with Crippen LogP contribution in [0, 0.1) is 0 Å². The number of hydrogen-bond donors (Lipinski definition) is 1. The summed E-state index contributed by atoms with van der Waals surface area (Å²) in [6, 6.07) is 43.5. The lowest BCUT2D eigenvalue weighted by molar-refractivity contribution is 0.0467. The van der Waals surface area contributed by atoms with Crippen molar-refractivity contribution < 1.29 is 38.4 Å². The van der Waals surface area contributed by atoms with Crippen molar-refractivity contribution in [3.63, 3.8) is 0 Å². The molecule has 1 N–H and O–H groups in total. The van der Waals surface area contributed by atoms with Gasteiger partial charge in [-0.25, -0.2) is 9.59 Å². The molecule has 0 unspecified atom stereocenters. The first kappa shape index (κ1) is 38.1. The first-order chi connectivity index (χ1) is 26.6. The Morgan fingerprint density at radius 1 is 0.527 bits per heavy atom. The fourth-order valence-corrected chi connectivity index (χ4v) is 6.12. The van der Waals surface area contributed by atoms with Gasteiger partial charge in [-0.1, -0.05) is 142 Å². The third kappa shape index (κ3) is 9.66. The molecular formula is C47H42O8. The number of hydrogen-bond acceptors (Lipinski definition) is 7. The van der Waals surface area contributed by atoms with Crippen molar-refractivity contribution in [1.82, 2.24) is 0 Å². The Hall–Kier alpha value is -6.67. The van der Waals surface area contributed by atoms with Gasteiger partial charge in [-0.2, -0.15) is 0 Å². The number of ether oxygens (including phenoxy) is 4. The Kier molecular flexibility index (Phi) is 12.1. The Bertz CT molecular complexity index is 2240. The van der Waals surface area contributed by atoms with Crippen molar-refractivity contribution in [1.29, 1.82) is 0 Å². The van der Waals surface area contributed by atoms with E-state index in [9.17, 15) is 14.7 Å². The molecule has 0 aliphatic carbocycles. The molecule has 278 valence electrons. The number of carbonyl (C=O) groups is 3. The summed E-state index contributed by atoms with van der Waals surface area (Å²) in [7, 11) is 0. The number of esters is 1. The van der Waals surface area contributed by atoms with Gasteiger partial charge in [0.15, 0.2) is 0 Å². The maximum absolute atomic E-state index is 15.0. The van der Waals surface area contributed by atoms with Crippen LogP contribution in [0.4, 0.5) is 0 Å². The minimum atomic E-state index is -1.19. The van der Waals surface area contributed by atoms with Gasteiger partial charge in [0.25, 0.3) is 0 Å². The lowest BCUT2D eigenvalue weighted by Crippen LogP contribution is -2.22. The van der Waals surface area contributed by atoms with Crippen molar-refractivity contribution >= 4 is 17.7 Å². The number of benzene rings is 6. The fourth-order valence-electron chi connectivity index (χ4n) is 6.12. The smallest absolute Gasteiger partial charge is 0.342 e. The van der Waals surface area contributed by atoms with Gasteiger partial charge < -0.3 is 24.1 Å². The topological polar surface area (TPSA) is 108 Å². The molecule has 0 atom stereocenters. The molecule has 8 heteroatoms. The van der Waals surface area contributed by atoms with E-state index in [-0.39, 0.29) is 65.9 Å². The van der Waals surface area contributed by atoms with Gasteiger partial charge >= 0.3 is 11.9 Å². The Morgan fingerprint density at radius 3 is 1.45 bits per heavy atom. The predicted molar refractivity (Wildman–Crippen MR) is 210 cm³/mol. The highest BCUT2D eigenvalue weighted by Crippen LogP contribution is 2.44. The van der Waals surface area contributed by atoms with Gasteiger partial charge in [-0.3, -0.25) is 4.79 Å². The average Bonchev–Trinajstić information content (AvgIpc) is 3.20. The van der Waals surface area contributed by atoms with Gasteiger partial charge in [0, 0.05) is 11.1 Å². The lowest BCUT2D eigenvalue weighted by Gasteiger charge is -2.28. The summed E-state index contributed by atoms with van der Waals surface area (Å²) in [5.74, 6) is -2.07. The van der Waals surface area contributed by atoms with Crippen LogP contribution in [0.1, 0.15) is 85.2 Å².